The van der Waals surface area contributed by atoms with E-state index in [0.29, 0.717) is 24.5 Å². The Kier molecular flexibility index (Phi) is 8.24. The third-order valence-electron chi connectivity index (χ3n) is 5.30. The number of ether oxygens (including phenoxy) is 1. The van der Waals surface area contributed by atoms with Crippen molar-refractivity contribution in [3.05, 3.63) is 41.9 Å². The van der Waals surface area contributed by atoms with Gasteiger partial charge in [-0.25, -0.2) is 4.98 Å². The van der Waals surface area contributed by atoms with Gasteiger partial charge in [0, 0.05) is 37.3 Å². The van der Waals surface area contributed by atoms with Crippen LogP contribution in [0.4, 0.5) is 11.8 Å². The Morgan fingerprint density at radius 2 is 1.86 bits per heavy atom. The van der Waals surface area contributed by atoms with E-state index in [2.05, 4.69) is 25.9 Å². The van der Waals surface area contributed by atoms with E-state index in [1.54, 1.807) is 6.20 Å². The summed E-state index contributed by atoms with van der Waals surface area (Å²) < 4.78 is 6.02. The van der Waals surface area contributed by atoms with Crippen molar-refractivity contribution >= 4 is 36.6 Å². The fourth-order valence-electron chi connectivity index (χ4n) is 3.68. The first kappa shape index (κ1) is 22.6. The van der Waals surface area contributed by atoms with Crippen molar-refractivity contribution in [3.63, 3.8) is 0 Å². The molecular formula is C19H28Cl2N6O. The molecule has 3 heterocycles. The van der Waals surface area contributed by atoms with Gasteiger partial charge in [0.25, 0.3) is 0 Å². The summed E-state index contributed by atoms with van der Waals surface area (Å²) in [6.45, 7) is 2.39. The van der Waals surface area contributed by atoms with Crippen LogP contribution in [-0.2, 0) is 11.3 Å². The first-order chi connectivity index (χ1) is 12.7. The summed E-state index contributed by atoms with van der Waals surface area (Å²) in [4.78, 5) is 15.4. The van der Waals surface area contributed by atoms with E-state index in [9.17, 15) is 0 Å². The van der Waals surface area contributed by atoms with Crippen LogP contribution in [0.5, 0.6) is 0 Å². The number of piperidine rings is 1. The third-order valence-corrected chi connectivity index (χ3v) is 5.30. The Morgan fingerprint density at radius 3 is 2.50 bits per heavy atom. The maximum atomic E-state index is 6.02. The Hall–Kier alpha value is -1.67. The minimum absolute atomic E-state index is 0. The molecule has 2 aromatic rings. The van der Waals surface area contributed by atoms with Crippen LogP contribution >= 0.6 is 24.8 Å². The van der Waals surface area contributed by atoms with Gasteiger partial charge in [-0.05, 0) is 37.8 Å². The second kappa shape index (κ2) is 10.2. The normalized spacial score (nSPS) is 22.0. The Balaban J connectivity index is 0.00000140. The van der Waals surface area contributed by atoms with Gasteiger partial charge in [0.05, 0.1) is 24.1 Å². The monoisotopic (exact) mass is 426 g/mol. The fourth-order valence-corrected chi connectivity index (χ4v) is 3.68. The van der Waals surface area contributed by atoms with Crippen LogP contribution in [0.2, 0.25) is 0 Å². The largest absolute Gasteiger partial charge is 0.372 e. The molecule has 2 fully saturated rings. The second-order valence-electron chi connectivity index (χ2n) is 7.26. The lowest BCUT2D eigenvalue weighted by Crippen LogP contribution is -2.38. The summed E-state index contributed by atoms with van der Waals surface area (Å²) in [5.41, 5.74) is 13.9. The molecule has 4 N–H and O–H groups in total. The minimum atomic E-state index is 0. The molecule has 9 heteroatoms. The third kappa shape index (κ3) is 5.44. The topological polar surface area (TPSA) is 103 Å². The SMILES string of the molecule is Cl.Cl.Nc1nc(C2CC(N)C2)cc(N2CCC(OCc3ccccn3)CC2)n1. The second-order valence-corrected chi connectivity index (χ2v) is 7.26. The summed E-state index contributed by atoms with van der Waals surface area (Å²) in [5.74, 6) is 1.70. The van der Waals surface area contributed by atoms with Crippen LogP contribution in [0.1, 0.15) is 43.0 Å². The van der Waals surface area contributed by atoms with Crippen LogP contribution in [-0.4, -0.2) is 40.2 Å². The zero-order chi connectivity index (χ0) is 17.9. The van der Waals surface area contributed by atoms with E-state index in [1.807, 2.05) is 18.2 Å². The standard InChI is InChI=1S/C19H26N6O.2ClH/c20-14-9-13(10-14)17-11-18(24-19(21)23-17)25-7-4-16(5-8-25)26-12-15-3-1-2-6-22-15;;/h1-3,6,11,13-14,16H,4-5,7-10,12,20H2,(H2,21,23,24);2*1H. The molecule has 0 amide bonds. The molecule has 2 aliphatic rings. The fraction of sp³-hybridized carbons (Fsp3) is 0.526. The van der Waals surface area contributed by atoms with Crippen LogP contribution in [0.3, 0.4) is 0 Å². The number of hydrogen-bond donors (Lipinski definition) is 2. The van der Waals surface area contributed by atoms with Gasteiger partial charge in [0.15, 0.2) is 0 Å². The van der Waals surface area contributed by atoms with Crippen molar-refractivity contribution in [2.45, 2.75) is 50.4 Å². The molecule has 4 rings (SSSR count). The first-order valence-electron chi connectivity index (χ1n) is 9.34. The molecule has 154 valence electrons. The van der Waals surface area contributed by atoms with Gasteiger partial charge < -0.3 is 21.1 Å². The van der Waals surface area contributed by atoms with E-state index < -0.39 is 0 Å². The van der Waals surface area contributed by atoms with Crippen molar-refractivity contribution in [2.24, 2.45) is 5.73 Å². The van der Waals surface area contributed by atoms with Crippen molar-refractivity contribution < 1.29 is 4.74 Å². The number of rotatable bonds is 5. The average molecular weight is 427 g/mol. The molecule has 0 atom stereocenters. The smallest absolute Gasteiger partial charge is 0.222 e. The number of aromatic nitrogens is 3. The molecule has 7 nitrogen and oxygen atoms in total. The highest BCUT2D eigenvalue weighted by Gasteiger charge is 2.30. The molecule has 1 aliphatic heterocycles. The van der Waals surface area contributed by atoms with Crippen molar-refractivity contribution in [1.82, 2.24) is 15.0 Å². The Labute approximate surface area is 178 Å². The summed E-state index contributed by atoms with van der Waals surface area (Å²) in [5, 5.41) is 0. The molecule has 1 saturated carbocycles. The van der Waals surface area contributed by atoms with Crippen molar-refractivity contribution in [1.29, 1.82) is 0 Å². The van der Waals surface area contributed by atoms with Gasteiger partial charge in [-0.1, -0.05) is 6.07 Å². The maximum Gasteiger partial charge on any atom is 0.222 e. The highest BCUT2D eigenvalue weighted by atomic mass is 35.5. The van der Waals surface area contributed by atoms with Crippen molar-refractivity contribution in [3.8, 4) is 0 Å². The Bertz CT molecular complexity index is 736. The molecule has 0 unspecified atom stereocenters. The van der Waals surface area contributed by atoms with E-state index in [1.165, 1.54) is 0 Å². The van der Waals surface area contributed by atoms with Gasteiger partial charge in [-0.15, -0.1) is 24.8 Å². The summed E-state index contributed by atoms with van der Waals surface area (Å²) >= 11 is 0. The molecule has 0 radical (unpaired) electrons. The first-order valence-corrected chi connectivity index (χ1v) is 9.34. The van der Waals surface area contributed by atoms with E-state index in [0.717, 1.165) is 56.0 Å². The molecule has 0 bridgehead atoms. The van der Waals surface area contributed by atoms with Crippen LogP contribution in [0.15, 0.2) is 30.5 Å². The predicted octanol–water partition coefficient (Wildman–Crippen LogP) is 2.69. The average Bonchev–Trinajstić information content (AvgIpc) is 2.64. The quantitative estimate of drug-likeness (QED) is 0.756. The van der Waals surface area contributed by atoms with E-state index in [4.69, 9.17) is 16.2 Å². The number of pyridine rings is 1. The number of anilines is 2. The van der Waals surface area contributed by atoms with E-state index in [-0.39, 0.29) is 30.9 Å². The predicted molar refractivity (Wildman–Crippen MR) is 115 cm³/mol. The van der Waals surface area contributed by atoms with Crippen LogP contribution in [0.25, 0.3) is 0 Å². The summed E-state index contributed by atoms with van der Waals surface area (Å²) in [6, 6.07) is 8.28. The zero-order valence-electron chi connectivity index (χ0n) is 15.7. The van der Waals surface area contributed by atoms with Gasteiger partial charge in [-0.2, -0.15) is 4.98 Å². The highest BCUT2D eigenvalue weighted by molar-refractivity contribution is 5.85. The number of nitrogens with two attached hydrogens (primary N) is 2. The molecule has 2 aromatic heterocycles. The molecule has 0 spiro atoms. The van der Waals surface area contributed by atoms with Gasteiger partial charge >= 0.3 is 0 Å². The lowest BCUT2D eigenvalue weighted by atomic mass is 9.78. The number of halogens is 2. The highest BCUT2D eigenvalue weighted by Crippen LogP contribution is 2.36. The molecule has 1 saturated heterocycles. The Morgan fingerprint density at radius 1 is 1.11 bits per heavy atom. The molecule has 0 aromatic carbocycles. The number of nitrogens with zero attached hydrogens (tertiary/aromatic N) is 4. The lowest BCUT2D eigenvalue weighted by molar-refractivity contribution is 0.0234. The van der Waals surface area contributed by atoms with Crippen LogP contribution < -0.4 is 16.4 Å². The van der Waals surface area contributed by atoms with Gasteiger partial charge in [-0.3, -0.25) is 4.98 Å². The lowest BCUT2D eigenvalue weighted by Gasteiger charge is -2.35. The molecular weight excluding hydrogens is 399 g/mol. The van der Waals surface area contributed by atoms with Gasteiger partial charge in [0.1, 0.15) is 5.82 Å². The van der Waals surface area contributed by atoms with Crippen LogP contribution in [0, 0.1) is 0 Å². The summed E-state index contributed by atoms with van der Waals surface area (Å²) in [7, 11) is 0. The number of hydrogen-bond acceptors (Lipinski definition) is 7. The maximum absolute atomic E-state index is 6.02. The molecule has 28 heavy (non-hydrogen) atoms. The van der Waals surface area contributed by atoms with Crippen molar-refractivity contribution in [2.75, 3.05) is 23.7 Å². The minimum Gasteiger partial charge on any atom is -0.372 e. The van der Waals surface area contributed by atoms with E-state index >= 15 is 0 Å². The zero-order valence-corrected chi connectivity index (χ0v) is 17.4. The number of nitrogen functional groups attached to an aromatic ring is 1. The summed E-state index contributed by atoms with van der Waals surface area (Å²) in [6.07, 6.45) is 5.98. The molecule has 1 aliphatic carbocycles. The van der Waals surface area contributed by atoms with Gasteiger partial charge in [0.2, 0.25) is 5.95 Å².